The van der Waals surface area contributed by atoms with Gasteiger partial charge in [0.25, 0.3) is 0 Å². The van der Waals surface area contributed by atoms with E-state index in [2.05, 4.69) is 203 Å². The first-order valence-corrected chi connectivity index (χ1v) is 20.7. The number of benzene rings is 8. The van der Waals surface area contributed by atoms with Crippen molar-refractivity contribution in [2.45, 2.75) is 59.4 Å². The van der Waals surface area contributed by atoms with Gasteiger partial charge in [0.2, 0.25) is 0 Å². The van der Waals surface area contributed by atoms with Gasteiger partial charge >= 0.3 is 0 Å². The van der Waals surface area contributed by atoms with Crippen molar-refractivity contribution in [3.63, 3.8) is 0 Å². The summed E-state index contributed by atoms with van der Waals surface area (Å²) in [7, 11) is 2.25. The van der Waals surface area contributed by atoms with E-state index in [4.69, 9.17) is 0 Å². The number of hydrogen-bond acceptors (Lipinski definition) is 1. The molecule has 8 aromatic carbocycles. The van der Waals surface area contributed by atoms with E-state index in [1.165, 1.54) is 95.4 Å². The third-order valence-corrected chi connectivity index (χ3v) is 11.2. The summed E-state index contributed by atoms with van der Waals surface area (Å²) in [5.74, 6) is 0.335. The number of hydrogen-bond donors (Lipinski definition) is 0. The molecule has 0 aromatic heterocycles. The zero-order valence-electron chi connectivity index (χ0n) is 34.4. The Morgan fingerprint density at radius 2 is 1.04 bits per heavy atom. The summed E-state index contributed by atoms with van der Waals surface area (Å²) in [4.78, 5) is 2.49. The van der Waals surface area contributed by atoms with E-state index in [-0.39, 0.29) is 0 Å². The monoisotopic (exact) mass is 741 g/mol. The van der Waals surface area contributed by atoms with Gasteiger partial charge in [0.15, 0.2) is 0 Å². The number of rotatable bonds is 4. The Hall–Kier alpha value is -6.18. The molecule has 1 aliphatic carbocycles. The molecule has 0 saturated heterocycles. The van der Waals surface area contributed by atoms with Crippen LogP contribution in [0, 0.1) is 13.8 Å². The van der Waals surface area contributed by atoms with E-state index in [1.807, 2.05) is 32.0 Å². The van der Waals surface area contributed by atoms with Crippen LogP contribution in [0.4, 0.5) is 5.69 Å². The first kappa shape index (κ1) is 39.1. The van der Waals surface area contributed by atoms with Gasteiger partial charge in [0, 0.05) is 24.0 Å². The van der Waals surface area contributed by atoms with Gasteiger partial charge in [0.05, 0.1) is 6.04 Å². The maximum atomic E-state index is 2.50. The van der Waals surface area contributed by atoms with Crippen LogP contribution in [0.3, 0.4) is 0 Å². The molecule has 284 valence electrons. The summed E-state index contributed by atoms with van der Waals surface area (Å²) < 4.78 is 0. The third-order valence-electron chi connectivity index (χ3n) is 11.2. The zero-order valence-corrected chi connectivity index (χ0v) is 34.4. The molecule has 1 heterocycles. The lowest BCUT2D eigenvalue weighted by Gasteiger charge is -2.26. The molecule has 0 fully saturated rings. The summed E-state index contributed by atoms with van der Waals surface area (Å²) in [6.45, 7) is 10.4. The van der Waals surface area contributed by atoms with E-state index >= 15 is 0 Å². The van der Waals surface area contributed by atoms with Crippen molar-refractivity contribution in [2.75, 3.05) is 11.9 Å². The van der Waals surface area contributed by atoms with Gasteiger partial charge in [-0.15, -0.1) is 0 Å². The largest absolute Gasteiger partial charge is 0.366 e. The smallest absolute Gasteiger partial charge is 0.0578 e. The average molecular weight is 742 g/mol. The molecular weight excluding hydrogens is 687 g/mol. The fourth-order valence-corrected chi connectivity index (χ4v) is 8.32. The van der Waals surface area contributed by atoms with Crippen LogP contribution in [0.25, 0.3) is 49.0 Å². The molecule has 1 nitrogen and oxygen atoms in total. The number of likely N-dealkylation sites (N-methyl/N-ethyl adjacent to an activating group) is 1. The van der Waals surface area contributed by atoms with Gasteiger partial charge in [-0.25, -0.2) is 0 Å². The van der Waals surface area contributed by atoms with Crippen molar-refractivity contribution in [2.24, 2.45) is 0 Å². The van der Waals surface area contributed by atoms with Gasteiger partial charge in [0.1, 0.15) is 0 Å². The maximum Gasteiger partial charge on any atom is 0.0578 e. The Kier molecular flexibility index (Phi) is 12.5. The maximum absolute atomic E-state index is 2.50. The van der Waals surface area contributed by atoms with E-state index < -0.39 is 0 Å². The molecule has 0 spiro atoms. The van der Waals surface area contributed by atoms with E-state index in [9.17, 15) is 0 Å². The molecule has 2 atom stereocenters. The lowest BCUT2D eigenvalue weighted by molar-refractivity contribution is 0.728. The summed E-state index contributed by atoms with van der Waals surface area (Å²) in [6.07, 6.45) is 9.62. The molecule has 0 saturated carbocycles. The van der Waals surface area contributed by atoms with Crippen molar-refractivity contribution in [1.82, 2.24) is 0 Å². The summed E-state index contributed by atoms with van der Waals surface area (Å²) in [6, 6.07) is 61.4. The van der Waals surface area contributed by atoms with E-state index in [0.717, 1.165) is 0 Å². The molecule has 10 rings (SSSR count). The van der Waals surface area contributed by atoms with Crippen LogP contribution in [0.2, 0.25) is 0 Å². The highest BCUT2D eigenvalue weighted by atomic mass is 15.2. The fraction of sp³-hybridized carbons (Fsp3) is 0.179. The lowest BCUT2D eigenvalue weighted by atomic mass is 9.83. The summed E-state index contributed by atoms with van der Waals surface area (Å²) in [5, 5.41) is 8.11. The Labute approximate surface area is 340 Å². The molecule has 0 radical (unpaired) electrons. The topological polar surface area (TPSA) is 3.24 Å². The molecule has 0 amide bonds. The Balaban J connectivity index is 0.000000184. The lowest BCUT2D eigenvalue weighted by Crippen LogP contribution is -2.29. The standard InChI is InChI=1S/C34H27N.C13H14.C7H8.C2H6/c1-22-11-13-23(14-12-22)24-15-17-25(18-16-24)26-19-20-32-31(21-26)33-29-9-5-3-7-27(29)28-8-4-6-10-30(28)34(33)35(32)2;1-2-5-11-8-9-12-6-3-4-7-13(12)10-11;1-7-5-3-2-4-6-7;1-2/h3-21,31-32H,1-2H3;3-4,6-10H,2,5H2,1H3;2-6H,1H3;1-2H3. The number of fused-ring (bicyclic) bond motifs is 9. The number of anilines is 1. The second-order valence-electron chi connectivity index (χ2n) is 15.0. The minimum absolute atomic E-state index is 0.335. The highest BCUT2D eigenvalue weighted by molar-refractivity contribution is 6.16. The van der Waals surface area contributed by atoms with Crippen LogP contribution in [-0.2, 0) is 6.42 Å². The molecule has 0 N–H and O–H groups in total. The highest BCUT2D eigenvalue weighted by Crippen LogP contribution is 2.51. The van der Waals surface area contributed by atoms with Crippen molar-refractivity contribution >= 4 is 43.6 Å². The van der Waals surface area contributed by atoms with Crippen molar-refractivity contribution < 1.29 is 0 Å². The van der Waals surface area contributed by atoms with Crippen LogP contribution in [0.1, 0.15) is 60.9 Å². The van der Waals surface area contributed by atoms with Crippen LogP contribution < -0.4 is 4.90 Å². The highest BCUT2D eigenvalue weighted by Gasteiger charge is 2.38. The fourth-order valence-electron chi connectivity index (χ4n) is 8.32. The van der Waals surface area contributed by atoms with E-state index in [0.29, 0.717) is 12.0 Å². The van der Waals surface area contributed by atoms with Gasteiger partial charge in [-0.3, -0.25) is 0 Å². The average Bonchev–Trinajstić information content (AvgIpc) is 3.57. The van der Waals surface area contributed by atoms with Gasteiger partial charge < -0.3 is 4.90 Å². The normalized spacial score (nSPS) is 15.0. The molecular formula is C56H55N. The Morgan fingerprint density at radius 3 is 1.67 bits per heavy atom. The predicted octanol–water partition coefficient (Wildman–Crippen LogP) is 15.3. The van der Waals surface area contributed by atoms with Crippen LogP contribution in [0.15, 0.2) is 188 Å². The second-order valence-corrected chi connectivity index (χ2v) is 15.0. The van der Waals surface area contributed by atoms with Crippen molar-refractivity contribution in [3.8, 4) is 11.1 Å². The van der Waals surface area contributed by atoms with Crippen molar-refractivity contribution in [1.29, 1.82) is 0 Å². The quantitative estimate of drug-likeness (QED) is 0.162. The van der Waals surface area contributed by atoms with Crippen LogP contribution in [-0.4, -0.2) is 13.1 Å². The minimum Gasteiger partial charge on any atom is -0.366 e. The van der Waals surface area contributed by atoms with Gasteiger partial charge in [-0.1, -0.05) is 226 Å². The second kappa shape index (κ2) is 18.2. The number of nitrogens with zero attached hydrogens (tertiary/aromatic N) is 1. The minimum atomic E-state index is 0.335. The summed E-state index contributed by atoms with van der Waals surface area (Å²) in [5.41, 5.74) is 12.0. The Bertz CT molecular complexity index is 2630. The molecule has 2 aliphatic rings. The molecule has 57 heavy (non-hydrogen) atoms. The molecule has 1 aliphatic heterocycles. The van der Waals surface area contributed by atoms with Crippen LogP contribution >= 0.6 is 0 Å². The molecule has 2 unspecified atom stereocenters. The number of aryl methyl sites for hydroxylation is 3. The molecule has 8 aromatic rings. The van der Waals surface area contributed by atoms with Crippen molar-refractivity contribution in [3.05, 3.63) is 216 Å². The molecule has 1 heteroatoms. The van der Waals surface area contributed by atoms with Crippen LogP contribution in [0.5, 0.6) is 0 Å². The Morgan fingerprint density at radius 1 is 0.509 bits per heavy atom. The first-order valence-electron chi connectivity index (χ1n) is 20.7. The van der Waals surface area contributed by atoms with Gasteiger partial charge in [-0.2, -0.15) is 0 Å². The SMILES string of the molecule is CC.CCCc1ccc2ccccc2c1.Cc1ccc(-c2ccc(C3=CC4c5c(c6ccccc6c6ccccc56)N(C)C4C=C3)cc2)cc1.Cc1ccccc1. The first-order chi connectivity index (χ1) is 28.0. The third kappa shape index (κ3) is 8.49. The number of allylic oxidation sites excluding steroid dienone is 2. The van der Waals surface area contributed by atoms with E-state index in [1.54, 1.807) is 0 Å². The summed E-state index contributed by atoms with van der Waals surface area (Å²) >= 11 is 0. The molecule has 0 bridgehead atoms. The predicted molar refractivity (Wildman–Crippen MR) is 251 cm³/mol. The van der Waals surface area contributed by atoms with Gasteiger partial charge in [-0.05, 0) is 80.6 Å². The zero-order chi connectivity index (χ0) is 39.7.